The molecule has 1 fully saturated rings. The molecular formula is C28H27NO6. The van der Waals surface area contributed by atoms with Crippen molar-refractivity contribution in [3.63, 3.8) is 0 Å². The predicted molar refractivity (Wildman–Crippen MR) is 131 cm³/mol. The van der Waals surface area contributed by atoms with Crippen molar-refractivity contribution in [1.82, 2.24) is 4.90 Å². The average Bonchev–Trinajstić information content (AvgIpc) is 3.49. The second-order valence-electron chi connectivity index (χ2n) is 8.05. The standard InChI is InChI=1S/C28H27NO6/c1-3-15-33-21-11-7-19(8-12-21)25-24(26(30)20-9-13-22(14-10-20)34-16-4-2)27(31)28(32)29(25)18-23-6-5-17-35-23/h4-14,17,25,30H,2-3,15-16,18H2,1H3/b26-24-. The minimum atomic E-state index is -0.794. The fourth-order valence-electron chi connectivity index (χ4n) is 3.95. The highest BCUT2D eigenvalue weighted by Crippen LogP contribution is 2.40. The largest absolute Gasteiger partial charge is 0.507 e. The topological polar surface area (TPSA) is 89.2 Å². The van der Waals surface area contributed by atoms with E-state index in [9.17, 15) is 14.7 Å². The first kappa shape index (κ1) is 23.9. The van der Waals surface area contributed by atoms with Gasteiger partial charge >= 0.3 is 0 Å². The molecule has 1 unspecified atom stereocenters. The van der Waals surface area contributed by atoms with Crippen LogP contribution in [0.1, 0.15) is 36.3 Å². The third-order valence-corrected chi connectivity index (χ3v) is 5.61. The molecule has 2 heterocycles. The Labute approximate surface area is 203 Å². The Kier molecular flexibility index (Phi) is 7.35. The normalized spacial score (nSPS) is 16.9. The lowest BCUT2D eigenvalue weighted by molar-refractivity contribution is -0.140. The van der Waals surface area contributed by atoms with Crippen molar-refractivity contribution in [1.29, 1.82) is 0 Å². The Hall–Kier alpha value is -4.26. The van der Waals surface area contributed by atoms with E-state index < -0.39 is 17.7 Å². The second-order valence-corrected chi connectivity index (χ2v) is 8.05. The summed E-state index contributed by atoms with van der Waals surface area (Å²) in [6, 6.07) is 16.5. The zero-order valence-corrected chi connectivity index (χ0v) is 19.5. The summed E-state index contributed by atoms with van der Waals surface area (Å²) in [6.07, 6.45) is 4.02. The molecule has 1 N–H and O–H groups in total. The minimum absolute atomic E-state index is 0.0172. The van der Waals surface area contributed by atoms with Gasteiger partial charge in [-0.05, 0) is 60.5 Å². The van der Waals surface area contributed by atoms with Gasteiger partial charge in [0, 0.05) is 5.56 Å². The number of furan rings is 1. The van der Waals surface area contributed by atoms with Gasteiger partial charge in [0.15, 0.2) is 0 Å². The molecule has 1 aliphatic heterocycles. The summed E-state index contributed by atoms with van der Waals surface area (Å²) >= 11 is 0. The van der Waals surface area contributed by atoms with E-state index in [1.807, 2.05) is 6.92 Å². The van der Waals surface area contributed by atoms with Gasteiger partial charge in [-0.2, -0.15) is 0 Å². The van der Waals surface area contributed by atoms with E-state index in [0.717, 1.165) is 6.42 Å². The number of benzene rings is 2. The van der Waals surface area contributed by atoms with Gasteiger partial charge in [-0.3, -0.25) is 9.59 Å². The molecule has 1 aliphatic rings. The molecule has 0 spiro atoms. The lowest BCUT2D eigenvalue weighted by atomic mass is 9.95. The molecule has 0 aliphatic carbocycles. The molecule has 7 nitrogen and oxygen atoms in total. The van der Waals surface area contributed by atoms with Gasteiger partial charge in [0.05, 0.1) is 31.0 Å². The molecule has 2 aromatic carbocycles. The Balaban J connectivity index is 1.74. The van der Waals surface area contributed by atoms with E-state index in [1.165, 1.54) is 11.2 Å². The molecule has 1 atom stereocenters. The van der Waals surface area contributed by atoms with Gasteiger partial charge < -0.3 is 23.9 Å². The molecule has 7 heteroatoms. The van der Waals surface area contributed by atoms with Crippen molar-refractivity contribution in [3.05, 3.63) is 102 Å². The molecule has 0 radical (unpaired) electrons. The molecular weight excluding hydrogens is 446 g/mol. The number of hydrogen-bond donors (Lipinski definition) is 1. The van der Waals surface area contributed by atoms with Crippen molar-refractivity contribution in [3.8, 4) is 11.5 Å². The van der Waals surface area contributed by atoms with Crippen LogP contribution in [-0.4, -0.2) is 34.9 Å². The van der Waals surface area contributed by atoms with Crippen LogP contribution in [0.25, 0.3) is 5.76 Å². The summed E-state index contributed by atoms with van der Waals surface area (Å²) in [6.45, 7) is 6.66. The van der Waals surface area contributed by atoms with Crippen LogP contribution in [-0.2, 0) is 16.1 Å². The number of carbonyl (C=O) groups is 2. The predicted octanol–water partition coefficient (Wildman–Crippen LogP) is 5.26. The minimum Gasteiger partial charge on any atom is -0.507 e. The Morgan fingerprint density at radius 3 is 2.37 bits per heavy atom. The molecule has 1 amide bonds. The van der Waals surface area contributed by atoms with Crippen molar-refractivity contribution in [2.45, 2.75) is 25.9 Å². The monoisotopic (exact) mass is 473 g/mol. The molecule has 0 saturated carbocycles. The Bertz CT molecular complexity index is 1210. The second kappa shape index (κ2) is 10.8. The van der Waals surface area contributed by atoms with Crippen LogP contribution >= 0.6 is 0 Å². The molecule has 0 bridgehead atoms. The van der Waals surface area contributed by atoms with Gasteiger partial charge in [-0.25, -0.2) is 0 Å². The third-order valence-electron chi connectivity index (χ3n) is 5.61. The van der Waals surface area contributed by atoms with Gasteiger partial charge in [0.1, 0.15) is 29.6 Å². The van der Waals surface area contributed by atoms with Crippen LogP contribution in [0.3, 0.4) is 0 Å². The fourth-order valence-corrected chi connectivity index (χ4v) is 3.95. The van der Waals surface area contributed by atoms with Gasteiger partial charge in [-0.1, -0.05) is 31.7 Å². The van der Waals surface area contributed by atoms with Crippen LogP contribution < -0.4 is 9.47 Å². The fraction of sp³-hybridized carbons (Fsp3) is 0.214. The van der Waals surface area contributed by atoms with Gasteiger partial charge in [0.2, 0.25) is 0 Å². The SMILES string of the molecule is C=CCOc1ccc(/C(O)=C2/C(=O)C(=O)N(Cc3ccco3)C2c2ccc(OCCC)cc2)cc1. The van der Waals surface area contributed by atoms with Crippen molar-refractivity contribution in [2.75, 3.05) is 13.2 Å². The maximum atomic E-state index is 13.2. The summed E-state index contributed by atoms with van der Waals surface area (Å²) < 4.78 is 16.6. The van der Waals surface area contributed by atoms with E-state index in [-0.39, 0.29) is 17.9 Å². The van der Waals surface area contributed by atoms with E-state index in [0.29, 0.717) is 41.6 Å². The van der Waals surface area contributed by atoms with Crippen LogP contribution in [0.15, 0.2) is 89.6 Å². The summed E-state index contributed by atoms with van der Waals surface area (Å²) in [5.74, 6) is 0.107. The number of ether oxygens (including phenoxy) is 2. The first-order valence-corrected chi connectivity index (χ1v) is 11.4. The quantitative estimate of drug-likeness (QED) is 0.187. The molecule has 4 rings (SSSR count). The lowest BCUT2D eigenvalue weighted by Gasteiger charge is -2.24. The van der Waals surface area contributed by atoms with Crippen molar-refractivity contribution in [2.24, 2.45) is 0 Å². The first-order valence-electron chi connectivity index (χ1n) is 11.4. The van der Waals surface area contributed by atoms with Crippen LogP contribution in [0.5, 0.6) is 11.5 Å². The van der Waals surface area contributed by atoms with Crippen LogP contribution in [0, 0.1) is 0 Å². The highest BCUT2D eigenvalue weighted by atomic mass is 16.5. The van der Waals surface area contributed by atoms with Crippen LogP contribution in [0.4, 0.5) is 0 Å². The third kappa shape index (κ3) is 5.14. The van der Waals surface area contributed by atoms with E-state index in [4.69, 9.17) is 13.9 Å². The number of Topliss-reactive ketones (excluding diaryl/α,β-unsaturated/α-hetero) is 1. The zero-order chi connectivity index (χ0) is 24.8. The summed E-state index contributed by atoms with van der Waals surface area (Å²) in [5, 5.41) is 11.2. The number of likely N-dealkylation sites (tertiary alicyclic amines) is 1. The highest BCUT2D eigenvalue weighted by Gasteiger charge is 2.46. The Morgan fingerprint density at radius 1 is 1.06 bits per heavy atom. The lowest BCUT2D eigenvalue weighted by Crippen LogP contribution is -2.29. The van der Waals surface area contributed by atoms with E-state index in [2.05, 4.69) is 6.58 Å². The summed E-state index contributed by atoms with van der Waals surface area (Å²) in [4.78, 5) is 27.6. The first-order chi connectivity index (χ1) is 17.0. The number of amides is 1. The number of rotatable bonds is 10. The van der Waals surface area contributed by atoms with E-state index >= 15 is 0 Å². The Morgan fingerprint density at radius 2 is 1.74 bits per heavy atom. The summed E-state index contributed by atoms with van der Waals surface area (Å²) in [5.41, 5.74) is 1.09. The van der Waals surface area contributed by atoms with Gasteiger partial charge in [0.25, 0.3) is 11.7 Å². The smallest absolute Gasteiger partial charge is 0.296 e. The average molecular weight is 474 g/mol. The number of aliphatic hydroxyl groups is 1. The van der Waals surface area contributed by atoms with Crippen molar-refractivity contribution >= 4 is 17.4 Å². The molecule has 35 heavy (non-hydrogen) atoms. The maximum Gasteiger partial charge on any atom is 0.296 e. The summed E-state index contributed by atoms with van der Waals surface area (Å²) in [7, 11) is 0. The van der Waals surface area contributed by atoms with Crippen molar-refractivity contribution < 1.29 is 28.6 Å². The van der Waals surface area contributed by atoms with Crippen LogP contribution in [0.2, 0.25) is 0 Å². The zero-order valence-electron chi connectivity index (χ0n) is 19.5. The number of aliphatic hydroxyl groups excluding tert-OH is 1. The molecule has 1 aromatic heterocycles. The molecule has 3 aromatic rings. The number of carbonyl (C=O) groups excluding carboxylic acids is 2. The van der Waals surface area contributed by atoms with E-state index in [1.54, 1.807) is 66.7 Å². The highest BCUT2D eigenvalue weighted by molar-refractivity contribution is 6.46. The maximum absolute atomic E-state index is 13.2. The molecule has 1 saturated heterocycles. The number of ketones is 1. The van der Waals surface area contributed by atoms with Gasteiger partial charge in [-0.15, -0.1) is 0 Å². The molecule has 180 valence electrons. The number of hydrogen-bond acceptors (Lipinski definition) is 6. The number of nitrogens with zero attached hydrogens (tertiary/aromatic N) is 1.